The normalized spacial score (nSPS) is 17.8. The van der Waals surface area contributed by atoms with Crippen LogP contribution in [0.15, 0.2) is 16.9 Å². The van der Waals surface area contributed by atoms with Crippen molar-refractivity contribution in [2.24, 2.45) is 5.92 Å². The van der Waals surface area contributed by atoms with E-state index < -0.39 is 0 Å². The Morgan fingerprint density at radius 2 is 2.12 bits per heavy atom. The molecule has 1 N–H and O–H groups in total. The maximum absolute atomic E-state index is 11.4. The molecule has 1 aliphatic rings. The molecular formula is C13H20N2O. The topological polar surface area (TPSA) is 36.1 Å². The maximum atomic E-state index is 11.4. The summed E-state index contributed by atoms with van der Waals surface area (Å²) >= 11 is 0. The Bertz CT molecular complexity index is 416. The van der Waals surface area contributed by atoms with Gasteiger partial charge in [-0.2, -0.15) is 0 Å². The van der Waals surface area contributed by atoms with Crippen LogP contribution in [0.5, 0.6) is 0 Å². The third kappa shape index (κ3) is 2.53. The van der Waals surface area contributed by atoms with Crippen molar-refractivity contribution in [1.29, 1.82) is 0 Å². The molecule has 1 aliphatic heterocycles. The first-order chi connectivity index (χ1) is 7.54. The Morgan fingerprint density at radius 1 is 1.44 bits per heavy atom. The van der Waals surface area contributed by atoms with E-state index in [0.717, 1.165) is 36.9 Å². The smallest absolute Gasteiger partial charge is 0.182 e. The number of aromatic nitrogens is 1. The molecule has 0 spiro atoms. The first-order valence-corrected chi connectivity index (χ1v) is 5.98. The molecule has 2 heterocycles. The number of rotatable bonds is 3. The second-order valence-corrected chi connectivity index (χ2v) is 5.26. The third-order valence-corrected chi connectivity index (χ3v) is 3.02. The predicted octanol–water partition coefficient (Wildman–Crippen LogP) is 1.74. The molecule has 0 atom stereocenters. The molecule has 0 aromatic carbocycles. The fourth-order valence-corrected chi connectivity index (χ4v) is 2.36. The zero-order chi connectivity index (χ0) is 11.7. The van der Waals surface area contributed by atoms with Crippen molar-refractivity contribution in [3.05, 3.63) is 33.7 Å². The maximum Gasteiger partial charge on any atom is 0.182 e. The van der Waals surface area contributed by atoms with Gasteiger partial charge in [-0.05, 0) is 12.8 Å². The molecule has 1 aromatic heterocycles. The Hall–Kier alpha value is -1.09. The van der Waals surface area contributed by atoms with Gasteiger partial charge in [-0.15, -0.1) is 0 Å². The van der Waals surface area contributed by atoms with Crippen molar-refractivity contribution in [2.75, 3.05) is 19.6 Å². The number of aryl methyl sites for hydroxylation is 1. The summed E-state index contributed by atoms with van der Waals surface area (Å²) in [6.45, 7) is 9.74. The van der Waals surface area contributed by atoms with Gasteiger partial charge in [0.2, 0.25) is 0 Å². The number of aromatic amines is 1. The lowest BCUT2D eigenvalue weighted by molar-refractivity contribution is 0.129. The largest absolute Gasteiger partial charge is 0.362 e. The molecule has 0 amide bonds. The van der Waals surface area contributed by atoms with E-state index in [2.05, 4.69) is 23.7 Å². The van der Waals surface area contributed by atoms with Crippen molar-refractivity contribution in [3.8, 4) is 0 Å². The average molecular weight is 220 g/mol. The minimum Gasteiger partial charge on any atom is -0.362 e. The SMILES string of the molecule is Cc1cc(=O)cc(C2CN(CC(C)C)C2)[nH]1. The second-order valence-electron chi connectivity index (χ2n) is 5.26. The molecule has 0 radical (unpaired) electrons. The highest BCUT2D eigenvalue weighted by Crippen LogP contribution is 2.25. The molecule has 0 saturated carbocycles. The quantitative estimate of drug-likeness (QED) is 0.842. The lowest BCUT2D eigenvalue weighted by Gasteiger charge is -2.40. The van der Waals surface area contributed by atoms with Gasteiger partial charge in [-0.25, -0.2) is 0 Å². The zero-order valence-electron chi connectivity index (χ0n) is 10.3. The van der Waals surface area contributed by atoms with Crippen LogP contribution in [0.3, 0.4) is 0 Å². The summed E-state index contributed by atoms with van der Waals surface area (Å²) in [7, 11) is 0. The fourth-order valence-electron chi connectivity index (χ4n) is 2.36. The molecule has 1 fully saturated rings. The summed E-state index contributed by atoms with van der Waals surface area (Å²) in [5.41, 5.74) is 2.18. The van der Waals surface area contributed by atoms with E-state index >= 15 is 0 Å². The fraction of sp³-hybridized carbons (Fsp3) is 0.615. The molecule has 1 aromatic rings. The van der Waals surface area contributed by atoms with Crippen LogP contribution >= 0.6 is 0 Å². The summed E-state index contributed by atoms with van der Waals surface area (Å²) in [6, 6.07) is 3.39. The first kappa shape index (κ1) is 11.4. The molecule has 0 unspecified atom stereocenters. The number of nitrogens with zero attached hydrogens (tertiary/aromatic N) is 1. The summed E-state index contributed by atoms with van der Waals surface area (Å²) in [5.74, 6) is 1.24. The number of likely N-dealkylation sites (tertiary alicyclic amines) is 1. The van der Waals surface area contributed by atoms with E-state index in [0.29, 0.717) is 5.92 Å². The number of nitrogens with one attached hydrogen (secondary N) is 1. The van der Waals surface area contributed by atoms with E-state index in [1.807, 2.05) is 6.92 Å². The van der Waals surface area contributed by atoms with Gasteiger partial charge in [-0.1, -0.05) is 13.8 Å². The van der Waals surface area contributed by atoms with Gasteiger partial charge >= 0.3 is 0 Å². The molecule has 3 nitrogen and oxygen atoms in total. The number of hydrogen-bond acceptors (Lipinski definition) is 2. The van der Waals surface area contributed by atoms with Gasteiger partial charge < -0.3 is 9.88 Å². The monoisotopic (exact) mass is 220 g/mol. The Morgan fingerprint density at radius 3 is 2.69 bits per heavy atom. The highest BCUT2D eigenvalue weighted by atomic mass is 16.1. The van der Waals surface area contributed by atoms with Crippen LogP contribution in [0, 0.1) is 12.8 Å². The van der Waals surface area contributed by atoms with Gasteiger partial charge in [0.25, 0.3) is 0 Å². The third-order valence-electron chi connectivity index (χ3n) is 3.02. The number of pyridine rings is 1. The minimum atomic E-state index is 0.119. The van der Waals surface area contributed by atoms with Crippen LogP contribution in [0.2, 0.25) is 0 Å². The van der Waals surface area contributed by atoms with Gasteiger partial charge in [0.05, 0.1) is 0 Å². The van der Waals surface area contributed by atoms with E-state index in [9.17, 15) is 4.79 Å². The molecule has 1 saturated heterocycles. The van der Waals surface area contributed by atoms with Crippen LogP contribution in [0.25, 0.3) is 0 Å². The van der Waals surface area contributed by atoms with Crippen molar-refractivity contribution in [2.45, 2.75) is 26.7 Å². The van der Waals surface area contributed by atoms with E-state index in [-0.39, 0.29) is 5.43 Å². The lowest BCUT2D eigenvalue weighted by atomic mass is 9.94. The molecule has 88 valence electrons. The second kappa shape index (κ2) is 4.42. The van der Waals surface area contributed by atoms with E-state index in [1.54, 1.807) is 12.1 Å². The molecule has 3 heteroatoms. The van der Waals surface area contributed by atoms with Crippen LogP contribution in [0.1, 0.15) is 31.2 Å². The van der Waals surface area contributed by atoms with Crippen molar-refractivity contribution >= 4 is 0 Å². The van der Waals surface area contributed by atoms with Crippen LogP contribution < -0.4 is 5.43 Å². The summed E-state index contributed by atoms with van der Waals surface area (Å²) in [6.07, 6.45) is 0. The molecule has 16 heavy (non-hydrogen) atoms. The van der Waals surface area contributed by atoms with Gasteiger partial charge in [0.1, 0.15) is 0 Å². The average Bonchev–Trinajstić information content (AvgIpc) is 2.08. The summed E-state index contributed by atoms with van der Waals surface area (Å²) in [5, 5.41) is 0. The first-order valence-electron chi connectivity index (χ1n) is 5.98. The standard InChI is InChI=1S/C13H20N2O/c1-9(2)6-15-7-11(8-15)13-5-12(16)4-10(3)14-13/h4-5,9,11H,6-8H2,1-3H3,(H,14,16). The molecular weight excluding hydrogens is 200 g/mol. The van der Waals surface area contributed by atoms with Crippen LogP contribution in [-0.4, -0.2) is 29.5 Å². The van der Waals surface area contributed by atoms with E-state index in [4.69, 9.17) is 0 Å². The molecule has 2 rings (SSSR count). The Kier molecular flexibility index (Phi) is 3.15. The van der Waals surface area contributed by atoms with Gasteiger partial charge in [-0.3, -0.25) is 4.79 Å². The Labute approximate surface area is 96.5 Å². The van der Waals surface area contributed by atoms with E-state index in [1.165, 1.54) is 0 Å². The van der Waals surface area contributed by atoms with Crippen LogP contribution in [0.4, 0.5) is 0 Å². The van der Waals surface area contributed by atoms with Gasteiger partial charge in [0, 0.05) is 49.1 Å². The zero-order valence-corrected chi connectivity index (χ0v) is 10.3. The number of H-pyrrole nitrogens is 1. The van der Waals surface area contributed by atoms with Crippen molar-refractivity contribution in [1.82, 2.24) is 9.88 Å². The lowest BCUT2D eigenvalue weighted by Crippen LogP contribution is -2.47. The van der Waals surface area contributed by atoms with Gasteiger partial charge in [0.15, 0.2) is 5.43 Å². The predicted molar refractivity (Wildman–Crippen MR) is 65.8 cm³/mol. The van der Waals surface area contributed by atoms with Crippen molar-refractivity contribution in [3.63, 3.8) is 0 Å². The Balaban J connectivity index is 1.98. The number of hydrogen-bond donors (Lipinski definition) is 1. The summed E-state index contributed by atoms with van der Waals surface area (Å²) < 4.78 is 0. The molecule has 0 aliphatic carbocycles. The molecule has 0 bridgehead atoms. The highest BCUT2D eigenvalue weighted by Gasteiger charge is 2.28. The van der Waals surface area contributed by atoms with Crippen molar-refractivity contribution < 1.29 is 0 Å². The van der Waals surface area contributed by atoms with Crippen LogP contribution in [-0.2, 0) is 0 Å². The highest BCUT2D eigenvalue weighted by molar-refractivity contribution is 5.17. The minimum absolute atomic E-state index is 0.119. The summed E-state index contributed by atoms with van der Waals surface area (Å²) in [4.78, 5) is 17.1.